The molecule has 0 aromatic carbocycles. The van der Waals surface area contributed by atoms with Crippen molar-refractivity contribution in [1.29, 1.82) is 0 Å². The number of nitrogens with two attached hydrogens (primary N) is 1. The summed E-state index contributed by atoms with van der Waals surface area (Å²) in [5.41, 5.74) is 6.44. The summed E-state index contributed by atoms with van der Waals surface area (Å²) in [5.74, 6) is 0.882. The predicted octanol–water partition coefficient (Wildman–Crippen LogP) is 1.84. The Kier molecular flexibility index (Phi) is 3.88. The molecule has 1 aliphatic carbocycles. The molecule has 1 fully saturated rings. The molecule has 3 N–H and O–H groups in total. The topological polar surface area (TPSA) is 62.4 Å². The first-order chi connectivity index (χ1) is 8.52. The van der Waals surface area contributed by atoms with Gasteiger partial charge in [0.25, 0.3) is 0 Å². The van der Waals surface area contributed by atoms with E-state index in [4.69, 9.17) is 5.73 Å². The summed E-state index contributed by atoms with van der Waals surface area (Å²) in [4.78, 5) is 6.44. The Bertz CT molecular complexity index is 400. The van der Waals surface area contributed by atoms with Gasteiger partial charge >= 0.3 is 0 Å². The minimum atomic E-state index is -0.554. The maximum absolute atomic E-state index is 10.5. The summed E-state index contributed by atoms with van der Waals surface area (Å²) in [6, 6.07) is 3.86. The highest BCUT2D eigenvalue weighted by molar-refractivity contribution is 5.47. The Morgan fingerprint density at radius 1 is 1.50 bits per heavy atom. The molecule has 0 radical (unpaired) electrons. The minimum Gasteiger partial charge on any atom is -0.388 e. The molecule has 1 aromatic rings. The Balaban J connectivity index is 2.15. The van der Waals surface area contributed by atoms with Gasteiger partial charge in [-0.3, -0.25) is 0 Å². The maximum Gasteiger partial charge on any atom is 0.133 e. The van der Waals surface area contributed by atoms with E-state index in [0.29, 0.717) is 6.54 Å². The van der Waals surface area contributed by atoms with Gasteiger partial charge in [-0.15, -0.1) is 0 Å². The minimum absolute atomic E-state index is 0.0469. The molecule has 2 rings (SSSR count). The first-order valence-electron chi connectivity index (χ1n) is 6.66. The fourth-order valence-electron chi connectivity index (χ4n) is 2.79. The molecule has 1 aliphatic rings. The second-order valence-corrected chi connectivity index (χ2v) is 5.49. The molecule has 0 amide bonds. The van der Waals surface area contributed by atoms with Crippen LogP contribution in [0.1, 0.15) is 44.2 Å². The summed E-state index contributed by atoms with van der Waals surface area (Å²) in [6.45, 7) is 2.59. The van der Waals surface area contributed by atoms with Crippen molar-refractivity contribution < 1.29 is 5.11 Å². The quantitative estimate of drug-likeness (QED) is 0.854. The number of pyridine rings is 1. The first kappa shape index (κ1) is 13.3. The van der Waals surface area contributed by atoms with Gasteiger partial charge in [-0.2, -0.15) is 0 Å². The van der Waals surface area contributed by atoms with E-state index >= 15 is 0 Å². The Morgan fingerprint density at radius 3 is 2.78 bits per heavy atom. The number of rotatable bonds is 4. The van der Waals surface area contributed by atoms with Gasteiger partial charge in [0.1, 0.15) is 5.82 Å². The van der Waals surface area contributed by atoms with Crippen molar-refractivity contribution in [1.82, 2.24) is 4.98 Å². The number of hydrogen-bond donors (Lipinski definition) is 2. The fourth-order valence-corrected chi connectivity index (χ4v) is 2.79. The summed E-state index contributed by atoms with van der Waals surface area (Å²) in [5, 5.41) is 10.5. The number of nitrogens with zero attached hydrogens (tertiary/aromatic N) is 2. The van der Waals surface area contributed by atoms with Crippen LogP contribution in [0.4, 0.5) is 5.82 Å². The van der Waals surface area contributed by atoms with Crippen molar-refractivity contribution in [3.05, 3.63) is 23.9 Å². The molecule has 100 valence electrons. The lowest BCUT2D eigenvalue weighted by Crippen LogP contribution is -2.40. The zero-order valence-electron chi connectivity index (χ0n) is 11.3. The third-order valence-electron chi connectivity index (χ3n) is 3.73. The zero-order chi connectivity index (χ0) is 13.2. The smallest absolute Gasteiger partial charge is 0.133 e. The number of likely N-dealkylation sites (N-methyl/N-ethyl adjacent to an activating group) is 1. The Labute approximate surface area is 109 Å². The second-order valence-electron chi connectivity index (χ2n) is 5.49. The third kappa shape index (κ3) is 2.82. The molecule has 0 spiro atoms. The zero-order valence-corrected chi connectivity index (χ0v) is 11.3. The summed E-state index contributed by atoms with van der Waals surface area (Å²) >= 11 is 0. The van der Waals surface area contributed by atoms with Crippen molar-refractivity contribution in [2.24, 2.45) is 5.73 Å². The monoisotopic (exact) mass is 249 g/mol. The predicted molar refractivity (Wildman–Crippen MR) is 73.5 cm³/mol. The van der Waals surface area contributed by atoms with Crippen molar-refractivity contribution in [3.63, 3.8) is 0 Å². The van der Waals surface area contributed by atoms with E-state index in [9.17, 15) is 5.11 Å². The molecular weight excluding hydrogens is 226 g/mol. The van der Waals surface area contributed by atoms with Crippen molar-refractivity contribution in [3.8, 4) is 0 Å². The van der Waals surface area contributed by atoms with Gasteiger partial charge in [0.15, 0.2) is 0 Å². The van der Waals surface area contributed by atoms with Crippen LogP contribution in [-0.4, -0.2) is 29.3 Å². The van der Waals surface area contributed by atoms with E-state index in [0.717, 1.165) is 37.1 Å². The molecule has 1 unspecified atom stereocenters. The number of hydrogen-bond acceptors (Lipinski definition) is 4. The average molecular weight is 249 g/mol. The van der Waals surface area contributed by atoms with Gasteiger partial charge in [-0.05, 0) is 25.8 Å². The van der Waals surface area contributed by atoms with Crippen LogP contribution >= 0.6 is 0 Å². The van der Waals surface area contributed by atoms with Crippen LogP contribution in [0.5, 0.6) is 0 Å². The van der Waals surface area contributed by atoms with Crippen LogP contribution < -0.4 is 10.6 Å². The summed E-state index contributed by atoms with van der Waals surface area (Å²) < 4.78 is 0. The first-order valence-corrected chi connectivity index (χ1v) is 6.66. The molecule has 0 aliphatic heterocycles. The average Bonchev–Trinajstić information content (AvgIpc) is 2.75. The van der Waals surface area contributed by atoms with Crippen molar-refractivity contribution >= 4 is 5.82 Å². The van der Waals surface area contributed by atoms with Crippen LogP contribution in [0.2, 0.25) is 0 Å². The molecule has 1 aromatic heterocycles. The van der Waals surface area contributed by atoms with Crippen LogP contribution in [0.15, 0.2) is 18.3 Å². The third-order valence-corrected chi connectivity index (χ3v) is 3.73. The Hall–Kier alpha value is -1.13. The Morgan fingerprint density at radius 2 is 2.17 bits per heavy atom. The largest absolute Gasteiger partial charge is 0.388 e. The van der Waals surface area contributed by atoms with Crippen LogP contribution in [0, 0.1) is 0 Å². The van der Waals surface area contributed by atoms with E-state index in [1.54, 1.807) is 6.20 Å². The standard InChI is InChI=1S/C14H23N3O/c1-11(15)12-6-5-9-16-13(12)17(2)10-14(18)7-3-4-8-14/h5-6,9,11,18H,3-4,7-8,10,15H2,1-2H3. The lowest BCUT2D eigenvalue weighted by molar-refractivity contribution is 0.0557. The number of aliphatic hydroxyl groups is 1. The molecule has 0 bridgehead atoms. The maximum atomic E-state index is 10.5. The van der Waals surface area contributed by atoms with Crippen LogP contribution in [0.3, 0.4) is 0 Å². The highest BCUT2D eigenvalue weighted by atomic mass is 16.3. The second kappa shape index (κ2) is 5.24. The van der Waals surface area contributed by atoms with Crippen LogP contribution in [0.25, 0.3) is 0 Å². The fraction of sp³-hybridized carbons (Fsp3) is 0.643. The summed E-state index contributed by atoms with van der Waals surface area (Å²) in [7, 11) is 1.98. The lowest BCUT2D eigenvalue weighted by Gasteiger charge is -2.30. The van der Waals surface area contributed by atoms with Gasteiger partial charge in [-0.1, -0.05) is 18.9 Å². The van der Waals surface area contributed by atoms with E-state index in [1.807, 2.05) is 31.0 Å². The molecule has 4 nitrogen and oxygen atoms in total. The SMILES string of the molecule is CC(N)c1cccnc1N(C)CC1(O)CCCC1. The molecule has 1 heterocycles. The normalized spacial score (nSPS) is 19.8. The molecule has 1 atom stereocenters. The highest BCUT2D eigenvalue weighted by Gasteiger charge is 2.33. The van der Waals surface area contributed by atoms with Gasteiger partial charge in [0, 0.05) is 31.4 Å². The molecule has 18 heavy (non-hydrogen) atoms. The van der Waals surface area contributed by atoms with Gasteiger partial charge < -0.3 is 15.7 Å². The van der Waals surface area contributed by atoms with E-state index in [2.05, 4.69) is 4.98 Å². The van der Waals surface area contributed by atoms with E-state index < -0.39 is 5.60 Å². The molecule has 0 saturated heterocycles. The number of anilines is 1. The molecule has 4 heteroatoms. The van der Waals surface area contributed by atoms with Gasteiger partial charge in [-0.25, -0.2) is 4.98 Å². The van der Waals surface area contributed by atoms with Crippen molar-refractivity contribution in [2.75, 3.05) is 18.5 Å². The van der Waals surface area contributed by atoms with Gasteiger partial charge in [0.2, 0.25) is 0 Å². The molecular formula is C14H23N3O. The van der Waals surface area contributed by atoms with Crippen molar-refractivity contribution in [2.45, 2.75) is 44.2 Å². The number of aromatic nitrogens is 1. The summed E-state index contributed by atoms with van der Waals surface area (Å²) in [6.07, 6.45) is 5.78. The van der Waals surface area contributed by atoms with Gasteiger partial charge in [0.05, 0.1) is 5.60 Å². The van der Waals surface area contributed by atoms with E-state index in [1.165, 1.54) is 0 Å². The highest BCUT2D eigenvalue weighted by Crippen LogP contribution is 2.32. The van der Waals surface area contributed by atoms with E-state index in [-0.39, 0.29) is 6.04 Å². The lowest BCUT2D eigenvalue weighted by atomic mass is 10.0. The van der Waals surface area contributed by atoms with Crippen LogP contribution in [-0.2, 0) is 0 Å². The molecule has 1 saturated carbocycles.